The summed E-state index contributed by atoms with van der Waals surface area (Å²) in [4.78, 5) is 21.4. The average molecular weight is 306 g/mol. The summed E-state index contributed by atoms with van der Waals surface area (Å²) in [6.07, 6.45) is 2.35. The Morgan fingerprint density at radius 3 is 2.59 bits per heavy atom. The number of nitrogens with zero attached hydrogens (tertiary/aromatic N) is 1. The van der Waals surface area contributed by atoms with Crippen LogP contribution in [0.2, 0.25) is 0 Å². The van der Waals surface area contributed by atoms with Crippen LogP contribution in [0, 0.1) is 15.5 Å². The molecular formula is C16H22N2O4. The van der Waals surface area contributed by atoms with Crippen molar-refractivity contribution >= 4 is 6.47 Å². The Morgan fingerprint density at radius 1 is 1.32 bits per heavy atom. The molecule has 1 N–H and O–H groups in total. The lowest BCUT2D eigenvalue weighted by atomic mass is 9.64. The van der Waals surface area contributed by atoms with Crippen LogP contribution >= 0.6 is 0 Å². The van der Waals surface area contributed by atoms with E-state index in [2.05, 4.69) is 5.32 Å². The molecule has 0 aromatic heterocycles. The fourth-order valence-corrected chi connectivity index (χ4v) is 3.49. The minimum atomic E-state index is -0.234. The summed E-state index contributed by atoms with van der Waals surface area (Å²) in [6.45, 7) is 2.33. The van der Waals surface area contributed by atoms with Gasteiger partial charge in [-0.2, -0.15) is 0 Å². The molecule has 6 nitrogen and oxygen atoms in total. The monoisotopic (exact) mass is 306 g/mol. The smallest absolute Gasteiger partial charge is 0.293 e. The maximum Gasteiger partial charge on any atom is 0.293 e. The standard InChI is InChI=1S/C16H22N2O4/c19-13-22-11-8-16(6-9-17-10-7-16)15(12-18(20)21)14-4-2-1-3-5-14/h1-5,13,15,17H,6-12H2. The van der Waals surface area contributed by atoms with Crippen LogP contribution in [-0.2, 0) is 9.53 Å². The van der Waals surface area contributed by atoms with E-state index in [0.29, 0.717) is 19.5 Å². The quantitative estimate of drug-likeness (QED) is 0.344. The fraction of sp³-hybridized carbons (Fsp3) is 0.562. The highest BCUT2D eigenvalue weighted by molar-refractivity contribution is 5.36. The Kier molecular flexibility index (Phi) is 5.89. The van der Waals surface area contributed by atoms with Gasteiger partial charge in [-0.1, -0.05) is 30.3 Å². The molecule has 22 heavy (non-hydrogen) atoms. The van der Waals surface area contributed by atoms with Crippen molar-refractivity contribution in [3.05, 3.63) is 46.0 Å². The summed E-state index contributed by atoms with van der Waals surface area (Å²) in [7, 11) is 0. The molecule has 1 aromatic carbocycles. The molecule has 0 amide bonds. The molecule has 6 heteroatoms. The highest BCUT2D eigenvalue weighted by atomic mass is 16.6. The third-order valence-corrected chi connectivity index (χ3v) is 4.66. The van der Waals surface area contributed by atoms with E-state index < -0.39 is 0 Å². The van der Waals surface area contributed by atoms with E-state index in [1.165, 1.54) is 0 Å². The van der Waals surface area contributed by atoms with E-state index in [4.69, 9.17) is 4.74 Å². The van der Waals surface area contributed by atoms with Crippen LogP contribution in [0.4, 0.5) is 0 Å². The number of nitrogens with one attached hydrogen (secondary N) is 1. The van der Waals surface area contributed by atoms with Crippen LogP contribution in [0.25, 0.3) is 0 Å². The number of carbonyl (C=O) groups is 1. The number of hydrogen-bond donors (Lipinski definition) is 1. The van der Waals surface area contributed by atoms with Gasteiger partial charge in [-0.25, -0.2) is 0 Å². The summed E-state index contributed by atoms with van der Waals surface area (Å²) < 4.78 is 4.88. The molecule has 1 aliphatic heterocycles. The molecule has 0 radical (unpaired) electrons. The molecule has 0 spiro atoms. The SMILES string of the molecule is O=COCCC1(C(C[N+](=O)[O-])c2ccccc2)CCNCC1. The van der Waals surface area contributed by atoms with Crippen molar-refractivity contribution in [2.75, 3.05) is 26.2 Å². The van der Waals surface area contributed by atoms with Crippen LogP contribution < -0.4 is 5.32 Å². The molecule has 1 atom stereocenters. The Hall–Kier alpha value is -1.95. The van der Waals surface area contributed by atoms with Gasteiger partial charge in [-0.05, 0) is 43.3 Å². The lowest BCUT2D eigenvalue weighted by Gasteiger charge is -2.42. The lowest BCUT2D eigenvalue weighted by Crippen LogP contribution is -2.43. The van der Waals surface area contributed by atoms with E-state index in [-0.39, 0.29) is 22.8 Å². The number of benzene rings is 1. The number of nitro groups is 1. The average Bonchev–Trinajstić information content (AvgIpc) is 2.54. The van der Waals surface area contributed by atoms with Crippen molar-refractivity contribution in [2.24, 2.45) is 5.41 Å². The molecular weight excluding hydrogens is 284 g/mol. The van der Waals surface area contributed by atoms with Gasteiger partial charge in [-0.3, -0.25) is 14.9 Å². The first-order chi connectivity index (χ1) is 10.7. The second kappa shape index (κ2) is 7.89. The maximum atomic E-state index is 11.2. The zero-order chi connectivity index (χ0) is 15.8. The molecule has 1 fully saturated rings. The molecule has 1 heterocycles. The largest absolute Gasteiger partial charge is 0.468 e. The van der Waals surface area contributed by atoms with Gasteiger partial charge in [-0.15, -0.1) is 0 Å². The van der Waals surface area contributed by atoms with E-state index in [1.54, 1.807) is 0 Å². The fourth-order valence-electron chi connectivity index (χ4n) is 3.49. The normalized spacial score (nSPS) is 18.4. The first-order valence-electron chi connectivity index (χ1n) is 7.61. The molecule has 1 unspecified atom stereocenters. The number of rotatable bonds is 8. The molecule has 1 aliphatic rings. The van der Waals surface area contributed by atoms with Crippen molar-refractivity contribution in [1.29, 1.82) is 0 Å². The summed E-state index contributed by atoms with van der Waals surface area (Å²) in [6, 6.07) is 9.66. The number of carbonyl (C=O) groups excluding carboxylic acids is 1. The number of piperidine rings is 1. The maximum absolute atomic E-state index is 11.2. The highest BCUT2D eigenvalue weighted by Gasteiger charge is 2.43. The minimum Gasteiger partial charge on any atom is -0.468 e. The summed E-state index contributed by atoms with van der Waals surface area (Å²) >= 11 is 0. The molecule has 2 rings (SSSR count). The molecule has 0 aliphatic carbocycles. The Balaban J connectivity index is 2.29. The van der Waals surface area contributed by atoms with Crippen molar-refractivity contribution in [2.45, 2.75) is 25.2 Å². The lowest BCUT2D eigenvalue weighted by molar-refractivity contribution is -0.487. The second-order valence-electron chi connectivity index (χ2n) is 5.81. The van der Waals surface area contributed by atoms with Crippen molar-refractivity contribution in [1.82, 2.24) is 5.32 Å². The number of hydrogen-bond acceptors (Lipinski definition) is 5. The van der Waals surface area contributed by atoms with Crippen LogP contribution in [0.3, 0.4) is 0 Å². The van der Waals surface area contributed by atoms with E-state index in [1.807, 2.05) is 30.3 Å². The molecule has 1 aromatic rings. The Bertz CT molecular complexity index is 486. The molecule has 0 saturated carbocycles. The van der Waals surface area contributed by atoms with Gasteiger partial charge >= 0.3 is 0 Å². The first kappa shape index (κ1) is 16.4. The number of ether oxygens (including phenoxy) is 1. The van der Waals surface area contributed by atoms with Crippen molar-refractivity contribution < 1.29 is 14.5 Å². The van der Waals surface area contributed by atoms with Gasteiger partial charge in [0.15, 0.2) is 0 Å². The van der Waals surface area contributed by atoms with Crippen molar-refractivity contribution in [3.8, 4) is 0 Å². The van der Waals surface area contributed by atoms with Gasteiger partial charge in [0.05, 0.1) is 12.5 Å². The molecule has 1 saturated heterocycles. The topological polar surface area (TPSA) is 81.5 Å². The van der Waals surface area contributed by atoms with E-state index in [0.717, 1.165) is 31.5 Å². The predicted octanol–water partition coefficient (Wildman–Crippen LogP) is 1.98. The molecule has 0 bridgehead atoms. The first-order valence-corrected chi connectivity index (χ1v) is 7.61. The van der Waals surface area contributed by atoms with Gasteiger partial charge < -0.3 is 10.1 Å². The van der Waals surface area contributed by atoms with Gasteiger partial charge in [0, 0.05) is 4.92 Å². The van der Waals surface area contributed by atoms with Gasteiger partial charge in [0.1, 0.15) is 0 Å². The van der Waals surface area contributed by atoms with Gasteiger partial charge in [0.2, 0.25) is 6.54 Å². The summed E-state index contributed by atoms with van der Waals surface area (Å²) in [5.41, 5.74) is 0.787. The van der Waals surface area contributed by atoms with Crippen LogP contribution in [0.1, 0.15) is 30.7 Å². The van der Waals surface area contributed by atoms with Crippen LogP contribution in [0.15, 0.2) is 30.3 Å². The predicted molar refractivity (Wildman–Crippen MR) is 82.2 cm³/mol. The third-order valence-electron chi connectivity index (χ3n) is 4.66. The second-order valence-corrected chi connectivity index (χ2v) is 5.81. The third kappa shape index (κ3) is 4.04. The van der Waals surface area contributed by atoms with Crippen LogP contribution in [-0.4, -0.2) is 37.6 Å². The Labute approximate surface area is 130 Å². The zero-order valence-corrected chi connectivity index (χ0v) is 12.6. The van der Waals surface area contributed by atoms with E-state index >= 15 is 0 Å². The van der Waals surface area contributed by atoms with Gasteiger partial charge in [0.25, 0.3) is 6.47 Å². The minimum absolute atomic E-state index is 0.0922. The van der Waals surface area contributed by atoms with Crippen molar-refractivity contribution in [3.63, 3.8) is 0 Å². The van der Waals surface area contributed by atoms with Crippen LogP contribution in [0.5, 0.6) is 0 Å². The highest BCUT2D eigenvalue weighted by Crippen LogP contribution is 2.46. The van der Waals surface area contributed by atoms with E-state index in [9.17, 15) is 14.9 Å². The molecule has 120 valence electrons. The summed E-state index contributed by atoms with van der Waals surface area (Å²) in [5, 5.41) is 14.5. The zero-order valence-electron chi connectivity index (χ0n) is 12.6. The Morgan fingerprint density at radius 2 is 2.00 bits per heavy atom. The summed E-state index contributed by atoms with van der Waals surface area (Å²) in [5.74, 6) is -0.166.